The quantitative estimate of drug-likeness (QED) is 0.815. The summed E-state index contributed by atoms with van der Waals surface area (Å²) in [4.78, 5) is 11.9. The molecular formula is C13H19ClN2O. The van der Waals surface area contributed by atoms with E-state index in [-0.39, 0.29) is 18.3 Å². The van der Waals surface area contributed by atoms with Gasteiger partial charge in [-0.1, -0.05) is 25.5 Å². The number of halogens is 1. The molecule has 2 rings (SSSR count). The van der Waals surface area contributed by atoms with E-state index >= 15 is 0 Å². The fourth-order valence-corrected chi connectivity index (χ4v) is 2.05. The topological polar surface area (TPSA) is 55.1 Å². The number of nitrogens with two attached hydrogens (primary N) is 1. The van der Waals surface area contributed by atoms with Gasteiger partial charge in [-0.2, -0.15) is 0 Å². The molecule has 0 aromatic heterocycles. The third-order valence-electron chi connectivity index (χ3n) is 3.44. The standard InChI is InChI=1S/C13H18N2O.ClH/c1-13(7-4-8-13)9-15-12(16)10-5-2-3-6-11(10)14;/h2-3,5-6H,4,7-9,14H2,1H3,(H,15,16);1H. The first-order valence-electron chi connectivity index (χ1n) is 5.73. The van der Waals surface area contributed by atoms with E-state index in [9.17, 15) is 4.79 Å². The van der Waals surface area contributed by atoms with Crippen molar-refractivity contribution in [3.63, 3.8) is 0 Å². The molecule has 1 aromatic carbocycles. The number of benzene rings is 1. The molecule has 1 aliphatic rings. The number of rotatable bonds is 3. The average molecular weight is 255 g/mol. The largest absolute Gasteiger partial charge is 0.398 e. The molecule has 1 fully saturated rings. The van der Waals surface area contributed by atoms with Gasteiger partial charge in [0.1, 0.15) is 0 Å². The SMILES string of the molecule is CC1(CNC(=O)c2ccccc2N)CCC1.Cl. The van der Waals surface area contributed by atoms with Gasteiger partial charge in [-0.15, -0.1) is 12.4 Å². The lowest BCUT2D eigenvalue weighted by Gasteiger charge is -2.38. The summed E-state index contributed by atoms with van der Waals surface area (Å²) in [6.07, 6.45) is 3.69. The van der Waals surface area contributed by atoms with Gasteiger partial charge >= 0.3 is 0 Å². The molecule has 0 aliphatic heterocycles. The highest BCUT2D eigenvalue weighted by Crippen LogP contribution is 2.39. The van der Waals surface area contributed by atoms with E-state index < -0.39 is 0 Å². The van der Waals surface area contributed by atoms with Crippen molar-refractivity contribution in [3.8, 4) is 0 Å². The van der Waals surface area contributed by atoms with Crippen LogP contribution >= 0.6 is 12.4 Å². The molecule has 3 nitrogen and oxygen atoms in total. The van der Waals surface area contributed by atoms with E-state index in [4.69, 9.17) is 5.73 Å². The van der Waals surface area contributed by atoms with Crippen molar-refractivity contribution >= 4 is 24.0 Å². The van der Waals surface area contributed by atoms with Gasteiger partial charge in [-0.25, -0.2) is 0 Å². The lowest BCUT2D eigenvalue weighted by Crippen LogP contribution is -2.40. The molecule has 1 aromatic rings. The van der Waals surface area contributed by atoms with Gasteiger partial charge in [0.2, 0.25) is 0 Å². The minimum absolute atomic E-state index is 0. The summed E-state index contributed by atoms with van der Waals surface area (Å²) in [5, 5.41) is 2.96. The van der Waals surface area contributed by atoms with E-state index in [1.807, 2.05) is 12.1 Å². The maximum atomic E-state index is 11.9. The van der Waals surface area contributed by atoms with Crippen LogP contribution in [-0.4, -0.2) is 12.5 Å². The molecule has 0 unspecified atom stereocenters. The van der Waals surface area contributed by atoms with Crippen LogP contribution in [0.5, 0.6) is 0 Å². The van der Waals surface area contributed by atoms with E-state index in [1.165, 1.54) is 19.3 Å². The molecule has 1 saturated carbocycles. The molecule has 17 heavy (non-hydrogen) atoms. The Morgan fingerprint density at radius 2 is 2.06 bits per heavy atom. The summed E-state index contributed by atoms with van der Waals surface area (Å²) < 4.78 is 0. The molecule has 94 valence electrons. The smallest absolute Gasteiger partial charge is 0.253 e. The highest BCUT2D eigenvalue weighted by molar-refractivity contribution is 5.99. The first kappa shape index (κ1) is 13.8. The summed E-state index contributed by atoms with van der Waals surface area (Å²) in [7, 11) is 0. The number of nitrogen functional groups attached to an aromatic ring is 1. The summed E-state index contributed by atoms with van der Waals surface area (Å²) in [5.41, 5.74) is 7.17. The third kappa shape index (κ3) is 3.13. The Balaban J connectivity index is 0.00000144. The molecule has 3 N–H and O–H groups in total. The molecule has 0 radical (unpaired) electrons. The number of anilines is 1. The zero-order valence-corrected chi connectivity index (χ0v) is 10.8. The normalized spacial score (nSPS) is 16.5. The Morgan fingerprint density at radius 1 is 1.41 bits per heavy atom. The predicted octanol–water partition coefficient (Wildman–Crippen LogP) is 2.61. The summed E-state index contributed by atoms with van der Waals surface area (Å²) in [5.74, 6) is -0.0637. The lowest BCUT2D eigenvalue weighted by atomic mass is 9.70. The highest BCUT2D eigenvalue weighted by Gasteiger charge is 2.31. The number of nitrogens with one attached hydrogen (secondary N) is 1. The van der Waals surface area contributed by atoms with Crippen molar-refractivity contribution in [2.45, 2.75) is 26.2 Å². The fraction of sp³-hybridized carbons (Fsp3) is 0.462. The van der Waals surface area contributed by atoms with Crippen LogP contribution in [0.15, 0.2) is 24.3 Å². The van der Waals surface area contributed by atoms with Crippen molar-refractivity contribution in [3.05, 3.63) is 29.8 Å². The maximum absolute atomic E-state index is 11.9. The second-order valence-electron chi connectivity index (χ2n) is 4.93. The Bertz CT molecular complexity index is 402. The number of para-hydroxylation sites is 1. The third-order valence-corrected chi connectivity index (χ3v) is 3.44. The molecule has 0 atom stereocenters. The van der Waals surface area contributed by atoms with Crippen LogP contribution in [0.25, 0.3) is 0 Å². The molecule has 0 spiro atoms. The van der Waals surface area contributed by atoms with E-state index in [2.05, 4.69) is 12.2 Å². The van der Waals surface area contributed by atoms with Crippen LogP contribution in [0.2, 0.25) is 0 Å². The predicted molar refractivity (Wildman–Crippen MR) is 72.4 cm³/mol. The number of hydrogen-bond acceptors (Lipinski definition) is 2. The van der Waals surface area contributed by atoms with Crippen LogP contribution in [0.3, 0.4) is 0 Å². The molecule has 4 heteroatoms. The molecule has 0 bridgehead atoms. The molecular weight excluding hydrogens is 236 g/mol. The minimum atomic E-state index is -0.0637. The first-order valence-corrected chi connectivity index (χ1v) is 5.73. The second kappa shape index (κ2) is 5.41. The Morgan fingerprint density at radius 3 is 2.59 bits per heavy atom. The molecule has 1 amide bonds. The summed E-state index contributed by atoms with van der Waals surface area (Å²) in [6.45, 7) is 2.96. The van der Waals surface area contributed by atoms with Crippen molar-refractivity contribution in [1.29, 1.82) is 0 Å². The van der Waals surface area contributed by atoms with Crippen LogP contribution in [-0.2, 0) is 0 Å². The number of carbonyl (C=O) groups excluding carboxylic acids is 1. The molecule has 1 aliphatic carbocycles. The monoisotopic (exact) mass is 254 g/mol. The van der Waals surface area contributed by atoms with E-state index in [1.54, 1.807) is 12.1 Å². The van der Waals surface area contributed by atoms with Gasteiger partial charge in [0.05, 0.1) is 5.56 Å². The van der Waals surface area contributed by atoms with Gasteiger partial charge in [-0.3, -0.25) is 4.79 Å². The zero-order chi connectivity index (χ0) is 11.6. The molecule has 0 heterocycles. The van der Waals surface area contributed by atoms with Crippen molar-refractivity contribution in [1.82, 2.24) is 5.32 Å². The van der Waals surface area contributed by atoms with Crippen LogP contribution in [0.1, 0.15) is 36.5 Å². The van der Waals surface area contributed by atoms with Gasteiger partial charge in [0, 0.05) is 12.2 Å². The van der Waals surface area contributed by atoms with Crippen molar-refractivity contribution in [2.24, 2.45) is 5.41 Å². The number of carbonyl (C=O) groups is 1. The maximum Gasteiger partial charge on any atom is 0.253 e. The number of amides is 1. The summed E-state index contributed by atoms with van der Waals surface area (Å²) >= 11 is 0. The van der Waals surface area contributed by atoms with Gasteiger partial charge < -0.3 is 11.1 Å². The van der Waals surface area contributed by atoms with Crippen LogP contribution < -0.4 is 11.1 Å². The van der Waals surface area contributed by atoms with E-state index in [0.29, 0.717) is 16.7 Å². The lowest BCUT2D eigenvalue weighted by molar-refractivity contribution is 0.0891. The Kier molecular flexibility index (Phi) is 4.40. The van der Waals surface area contributed by atoms with E-state index in [0.717, 1.165) is 6.54 Å². The van der Waals surface area contributed by atoms with Crippen molar-refractivity contribution in [2.75, 3.05) is 12.3 Å². The average Bonchev–Trinajstić information content (AvgIpc) is 2.24. The minimum Gasteiger partial charge on any atom is -0.398 e. The van der Waals surface area contributed by atoms with Crippen molar-refractivity contribution < 1.29 is 4.79 Å². The Hall–Kier alpha value is -1.22. The first-order chi connectivity index (χ1) is 7.61. The highest BCUT2D eigenvalue weighted by atomic mass is 35.5. The van der Waals surface area contributed by atoms with Gasteiger partial charge in [-0.05, 0) is 30.4 Å². The fourth-order valence-electron chi connectivity index (χ4n) is 2.05. The second-order valence-corrected chi connectivity index (χ2v) is 4.93. The summed E-state index contributed by atoms with van der Waals surface area (Å²) in [6, 6.07) is 7.17. The zero-order valence-electron chi connectivity index (χ0n) is 10.0. The Labute approximate surface area is 108 Å². The number of hydrogen-bond donors (Lipinski definition) is 2. The molecule has 0 saturated heterocycles. The van der Waals surface area contributed by atoms with Gasteiger partial charge in [0.25, 0.3) is 5.91 Å². The van der Waals surface area contributed by atoms with Crippen LogP contribution in [0, 0.1) is 5.41 Å². The van der Waals surface area contributed by atoms with Crippen LogP contribution in [0.4, 0.5) is 5.69 Å². The van der Waals surface area contributed by atoms with Gasteiger partial charge in [0.15, 0.2) is 0 Å².